The van der Waals surface area contributed by atoms with Gasteiger partial charge in [-0.1, -0.05) is 117 Å². The molecule has 40 heavy (non-hydrogen) atoms. The first kappa shape index (κ1) is 30.1. The van der Waals surface area contributed by atoms with Gasteiger partial charge in [-0.05, 0) is 59.6 Å². The summed E-state index contributed by atoms with van der Waals surface area (Å²) in [6, 6.07) is 23.2. The number of rotatable bonds is 11. The highest BCUT2D eigenvalue weighted by molar-refractivity contribution is 6.35. The molecule has 1 aliphatic rings. The summed E-state index contributed by atoms with van der Waals surface area (Å²) in [6.45, 7) is 4.57. The van der Waals surface area contributed by atoms with Gasteiger partial charge in [0, 0.05) is 35.5 Å². The summed E-state index contributed by atoms with van der Waals surface area (Å²) in [7, 11) is 0. The Balaban J connectivity index is 1.61. The second-order valence-corrected chi connectivity index (χ2v) is 12.0. The molecular weight excluding hydrogens is 539 g/mol. The van der Waals surface area contributed by atoms with E-state index in [2.05, 4.69) is 43.4 Å². The van der Waals surface area contributed by atoms with Gasteiger partial charge >= 0.3 is 0 Å². The number of hydrogen-bond acceptors (Lipinski definition) is 2. The number of carbonyl (C=O) groups is 2. The van der Waals surface area contributed by atoms with Crippen LogP contribution in [0.15, 0.2) is 72.8 Å². The maximum absolute atomic E-state index is 14.0. The van der Waals surface area contributed by atoms with E-state index in [0.29, 0.717) is 35.2 Å². The first-order valence-corrected chi connectivity index (χ1v) is 15.2. The molecule has 1 saturated carbocycles. The van der Waals surface area contributed by atoms with Crippen LogP contribution in [0.25, 0.3) is 0 Å². The molecule has 1 aliphatic carbocycles. The first-order chi connectivity index (χ1) is 19.3. The third-order valence-corrected chi connectivity index (χ3v) is 8.44. The van der Waals surface area contributed by atoms with Crippen LogP contribution in [0.1, 0.15) is 80.5 Å². The van der Waals surface area contributed by atoms with Crippen molar-refractivity contribution in [1.29, 1.82) is 0 Å². The van der Waals surface area contributed by atoms with Gasteiger partial charge in [-0.2, -0.15) is 0 Å². The topological polar surface area (TPSA) is 49.4 Å². The number of hydrogen-bond donors (Lipinski definition) is 1. The van der Waals surface area contributed by atoms with Gasteiger partial charge in [-0.15, -0.1) is 0 Å². The van der Waals surface area contributed by atoms with E-state index in [1.807, 2.05) is 36.4 Å². The van der Waals surface area contributed by atoms with E-state index in [-0.39, 0.29) is 24.4 Å². The summed E-state index contributed by atoms with van der Waals surface area (Å²) in [4.78, 5) is 29.6. The minimum Gasteiger partial charge on any atom is -0.352 e. The number of nitrogens with zero attached hydrogens (tertiary/aromatic N) is 1. The minimum absolute atomic E-state index is 0.0707. The average molecular weight is 580 g/mol. The molecular formula is C34H40Cl2N2O2. The second kappa shape index (κ2) is 14.7. The fourth-order valence-corrected chi connectivity index (χ4v) is 5.86. The normalized spacial score (nSPS) is 14.6. The van der Waals surface area contributed by atoms with Crippen molar-refractivity contribution in [3.63, 3.8) is 0 Å². The van der Waals surface area contributed by atoms with E-state index in [0.717, 1.165) is 42.4 Å². The van der Waals surface area contributed by atoms with Crippen LogP contribution in [0.4, 0.5) is 0 Å². The zero-order chi connectivity index (χ0) is 28.5. The SMILES string of the molecule is CC(C)c1ccc(CCC(=O)N(Cc2ccc(Cl)cc2Cl)[C@H](Cc2ccccc2)C(=O)NC2CCCCC2)cc1. The fourth-order valence-electron chi connectivity index (χ4n) is 5.40. The molecule has 0 heterocycles. The summed E-state index contributed by atoms with van der Waals surface area (Å²) in [5, 5.41) is 4.31. The summed E-state index contributed by atoms with van der Waals surface area (Å²) >= 11 is 12.7. The minimum atomic E-state index is -0.660. The molecule has 3 aromatic carbocycles. The molecule has 0 aromatic heterocycles. The monoisotopic (exact) mass is 578 g/mol. The summed E-state index contributed by atoms with van der Waals surface area (Å²) < 4.78 is 0. The highest BCUT2D eigenvalue weighted by atomic mass is 35.5. The van der Waals surface area contributed by atoms with E-state index in [9.17, 15) is 9.59 Å². The Kier molecular flexibility index (Phi) is 11.1. The fraction of sp³-hybridized carbons (Fsp3) is 0.412. The smallest absolute Gasteiger partial charge is 0.243 e. The summed E-state index contributed by atoms with van der Waals surface area (Å²) in [6.07, 6.45) is 6.73. The quantitative estimate of drug-likeness (QED) is 0.249. The molecule has 0 spiro atoms. The van der Waals surface area contributed by atoms with Gasteiger partial charge in [-0.3, -0.25) is 9.59 Å². The molecule has 0 radical (unpaired) electrons. The van der Waals surface area contributed by atoms with Crippen molar-refractivity contribution in [1.82, 2.24) is 10.2 Å². The van der Waals surface area contributed by atoms with Gasteiger partial charge in [0.15, 0.2) is 0 Å². The van der Waals surface area contributed by atoms with E-state index in [1.165, 1.54) is 12.0 Å². The number of carbonyl (C=O) groups excluding carboxylic acids is 2. The molecule has 3 aromatic rings. The van der Waals surface area contributed by atoms with Crippen LogP contribution in [0.3, 0.4) is 0 Å². The molecule has 6 heteroatoms. The summed E-state index contributed by atoms with van der Waals surface area (Å²) in [5.41, 5.74) is 4.16. The van der Waals surface area contributed by atoms with Gasteiger partial charge < -0.3 is 10.2 Å². The third-order valence-electron chi connectivity index (χ3n) is 7.85. The van der Waals surface area contributed by atoms with Crippen molar-refractivity contribution in [2.24, 2.45) is 0 Å². The van der Waals surface area contributed by atoms with Crippen LogP contribution >= 0.6 is 23.2 Å². The Morgan fingerprint density at radius 1 is 0.900 bits per heavy atom. The van der Waals surface area contributed by atoms with Crippen molar-refractivity contribution >= 4 is 35.0 Å². The lowest BCUT2D eigenvalue weighted by Gasteiger charge is -2.34. The predicted molar refractivity (Wildman–Crippen MR) is 165 cm³/mol. The Morgan fingerprint density at radius 2 is 1.60 bits per heavy atom. The molecule has 1 fully saturated rings. The first-order valence-electron chi connectivity index (χ1n) is 14.5. The lowest BCUT2D eigenvalue weighted by molar-refractivity contribution is -0.141. The van der Waals surface area contributed by atoms with Gasteiger partial charge in [0.1, 0.15) is 6.04 Å². The number of benzene rings is 3. The molecule has 1 N–H and O–H groups in total. The average Bonchev–Trinajstić information content (AvgIpc) is 2.96. The molecule has 212 valence electrons. The van der Waals surface area contributed by atoms with Crippen LogP contribution in [0.2, 0.25) is 10.0 Å². The molecule has 0 saturated heterocycles. The molecule has 0 bridgehead atoms. The van der Waals surface area contributed by atoms with Crippen molar-refractivity contribution in [3.05, 3.63) is 105 Å². The van der Waals surface area contributed by atoms with Crippen molar-refractivity contribution < 1.29 is 9.59 Å². The maximum Gasteiger partial charge on any atom is 0.243 e. The Bertz CT molecular complexity index is 1250. The number of amides is 2. The Morgan fingerprint density at radius 3 is 2.25 bits per heavy atom. The zero-order valence-electron chi connectivity index (χ0n) is 23.5. The van der Waals surface area contributed by atoms with Crippen LogP contribution in [-0.4, -0.2) is 28.8 Å². The van der Waals surface area contributed by atoms with Gasteiger partial charge in [0.2, 0.25) is 11.8 Å². The molecule has 0 aliphatic heterocycles. The molecule has 2 amide bonds. The third kappa shape index (κ3) is 8.59. The van der Waals surface area contributed by atoms with Gasteiger partial charge in [0.05, 0.1) is 0 Å². The lowest BCUT2D eigenvalue weighted by atomic mass is 9.94. The zero-order valence-corrected chi connectivity index (χ0v) is 25.1. The largest absolute Gasteiger partial charge is 0.352 e. The molecule has 4 nitrogen and oxygen atoms in total. The Labute approximate surface area is 249 Å². The van der Waals surface area contributed by atoms with Crippen LogP contribution < -0.4 is 5.32 Å². The lowest BCUT2D eigenvalue weighted by Crippen LogP contribution is -2.53. The highest BCUT2D eigenvalue weighted by Gasteiger charge is 2.32. The van der Waals surface area contributed by atoms with Gasteiger partial charge in [-0.25, -0.2) is 0 Å². The van der Waals surface area contributed by atoms with Crippen molar-refractivity contribution in [2.45, 2.75) is 89.8 Å². The van der Waals surface area contributed by atoms with E-state index in [1.54, 1.807) is 17.0 Å². The van der Waals surface area contributed by atoms with E-state index < -0.39 is 6.04 Å². The Hall–Kier alpha value is -2.82. The standard InChI is InChI=1S/C34H40Cl2N2O2/c1-24(2)27-16-13-25(14-17-27)15-20-33(39)38(23-28-18-19-29(35)22-31(28)36)32(21-26-9-5-3-6-10-26)34(40)37-30-11-7-4-8-12-30/h3,5-6,9-10,13-14,16-19,22,24,30,32H,4,7-8,11-12,15,20-21,23H2,1-2H3,(H,37,40)/t32-/m1/s1. The van der Waals surface area contributed by atoms with Crippen molar-refractivity contribution in [3.8, 4) is 0 Å². The van der Waals surface area contributed by atoms with Crippen molar-refractivity contribution in [2.75, 3.05) is 0 Å². The molecule has 0 unspecified atom stereocenters. The molecule has 1 atom stereocenters. The molecule has 4 rings (SSSR count). The number of aryl methyl sites for hydroxylation is 1. The van der Waals surface area contributed by atoms with Gasteiger partial charge in [0.25, 0.3) is 0 Å². The predicted octanol–water partition coefficient (Wildman–Crippen LogP) is 8.14. The van der Waals surface area contributed by atoms with E-state index >= 15 is 0 Å². The van der Waals surface area contributed by atoms with Crippen LogP contribution in [-0.2, 0) is 29.0 Å². The maximum atomic E-state index is 14.0. The number of nitrogens with one attached hydrogen (secondary N) is 1. The highest BCUT2D eigenvalue weighted by Crippen LogP contribution is 2.25. The van der Waals surface area contributed by atoms with Crippen LogP contribution in [0, 0.1) is 0 Å². The van der Waals surface area contributed by atoms with E-state index in [4.69, 9.17) is 23.2 Å². The second-order valence-electron chi connectivity index (χ2n) is 11.2. The van der Waals surface area contributed by atoms with Crippen LogP contribution in [0.5, 0.6) is 0 Å². The summed E-state index contributed by atoms with van der Waals surface area (Å²) in [5.74, 6) is 0.283. The number of halogens is 2.